The van der Waals surface area contributed by atoms with Crippen LogP contribution in [0.5, 0.6) is 0 Å². The zero-order valence-electron chi connectivity index (χ0n) is 9.94. The smallest absolute Gasteiger partial charge is 0.150 e. The van der Waals surface area contributed by atoms with Gasteiger partial charge >= 0.3 is 0 Å². The van der Waals surface area contributed by atoms with Crippen LogP contribution in [-0.4, -0.2) is 26.0 Å². The van der Waals surface area contributed by atoms with Gasteiger partial charge in [-0.05, 0) is 43.5 Å². The van der Waals surface area contributed by atoms with Crippen molar-refractivity contribution in [3.05, 3.63) is 23.8 Å². The molecule has 1 heterocycles. The van der Waals surface area contributed by atoms with Crippen molar-refractivity contribution in [1.29, 1.82) is 0 Å². The second-order valence-corrected chi connectivity index (χ2v) is 6.95. The number of benzene rings is 1. The Balaban J connectivity index is 2.00. The lowest BCUT2D eigenvalue weighted by Gasteiger charge is -2.24. The van der Waals surface area contributed by atoms with Crippen molar-refractivity contribution in [3.8, 4) is 0 Å². The van der Waals surface area contributed by atoms with E-state index in [1.807, 2.05) is 25.1 Å². The second kappa shape index (κ2) is 4.56. The minimum atomic E-state index is -2.78. The van der Waals surface area contributed by atoms with Crippen LogP contribution < -0.4 is 11.1 Å². The van der Waals surface area contributed by atoms with E-state index < -0.39 is 9.84 Å². The van der Waals surface area contributed by atoms with Crippen molar-refractivity contribution in [1.82, 2.24) is 0 Å². The number of nitrogens with two attached hydrogens (primary N) is 1. The van der Waals surface area contributed by atoms with Gasteiger partial charge in [-0.1, -0.05) is 0 Å². The molecule has 1 aliphatic rings. The van der Waals surface area contributed by atoms with E-state index in [0.717, 1.165) is 16.9 Å². The third-order valence-corrected chi connectivity index (χ3v) is 4.91. The molecule has 0 bridgehead atoms. The number of hydrogen-bond donors (Lipinski definition) is 2. The molecule has 3 N–H and O–H groups in total. The molecule has 0 amide bonds. The third-order valence-electron chi connectivity index (χ3n) is 3.20. The summed E-state index contributed by atoms with van der Waals surface area (Å²) in [7, 11) is -2.78. The van der Waals surface area contributed by atoms with Crippen LogP contribution >= 0.6 is 0 Å². The van der Waals surface area contributed by atoms with Gasteiger partial charge in [0.1, 0.15) is 9.84 Å². The highest BCUT2D eigenvalue weighted by Crippen LogP contribution is 2.21. The van der Waals surface area contributed by atoms with Crippen molar-refractivity contribution < 1.29 is 8.42 Å². The highest BCUT2D eigenvalue weighted by Gasteiger charge is 2.23. The molecule has 0 unspecified atom stereocenters. The molecule has 0 spiro atoms. The molecule has 0 aliphatic carbocycles. The van der Waals surface area contributed by atoms with E-state index in [2.05, 4.69) is 5.32 Å². The van der Waals surface area contributed by atoms with E-state index in [9.17, 15) is 8.42 Å². The molecule has 1 aliphatic heterocycles. The molecule has 1 aromatic carbocycles. The summed E-state index contributed by atoms with van der Waals surface area (Å²) in [6.45, 7) is 1.96. The maximum absolute atomic E-state index is 11.3. The predicted molar refractivity (Wildman–Crippen MR) is 70.9 cm³/mol. The van der Waals surface area contributed by atoms with E-state index in [1.165, 1.54) is 0 Å². The number of aryl methyl sites for hydroxylation is 1. The maximum atomic E-state index is 11.3. The molecule has 1 saturated heterocycles. The van der Waals surface area contributed by atoms with Crippen LogP contribution in [0.15, 0.2) is 18.2 Å². The monoisotopic (exact) mass is 254 g/mol. The Labute approximate surface area is 102 Å². The van der Waals surface area contributed by atoms with Crippen LogP contribution in [0.3, 0.4) is 0 Å². The molecule has 17 heavy (non-hydrogen) atoms. The van der Waals surface area contributed by atoms with E-state index in [4.69, 9.17) is 5.73 Å². The summed E-state index contributed by atoms with van der Waals surface area (Å²) in [5.41, 5.74) is 8.58. The minimum Gasteiger partial charge on any atom is -0.399 e. The number of nitrogen functional groups attached to an aromatic ring is 1. The van der Waals surface area contributed by atoms with Gasteiger partial charge in [-0.2, -0.15) is 0 Å². The van der Waals surface area contributed by atoms with Gasteiger partial charge < -0.3 is 11.1 Å². The fraction of sp³-hybridized carbons (Fsp3) is 0.500. The van der Waals surface area contributed by atoms with Crippen molar-refractivity contribution >= 4 is 21.2 Å². The van der Waals surface area contributed by atoms with Crippen LogP contribution in [0.2, 0.25) is 0 Å². The average molecular weight is 254 g/mol. The SMILES string of the molecule is Cc1cc(NC2CCS(=O)(=O)CC2)ccc1N. The normalized spacial score (nSPS) is 20.1. The first-order chi connectivity index (χ1) is 7.96. The number of nitrogens with one attached hydrogen (secondary N) is 1. The van der Waals surface area contributed by atoms with Crippen molar-refractivity contribution in [2.45, 2.75) is 25.8 Å². The molecule has 0 atom stereocenters. The van der Waals surface area contributed by atoms with E-state index in [1.54, 1.807) is 0 Å². The van der Waals surface area contributed by atoms with Gasteiger partial charge in [-0.25, -0.2) is 8.42 Å². The fourth-order valence-corrected chi connectivity index (χ4v) is 3.53. The van der Waals surface area contributed by atoms with Crippen molar-refractivity contribution in [2.24, 2.45) is 0 Å². The Morgan fingerprint density at radius 3 is 2.53 bits per heavy atom. The summed E-state index contributed by atoms with van der Waals surface area (Å²) in [5.74, 6) is 0.581. The molecule has 0 radical (unpaired) electrons. The predicted octanol–water partition coefficient (Wildman–Crippen LogP) is 1.57. The highest BCUT2D eigenvalue weighted by molar-refractivity contribution is 7.91. The third kappa shape index (κ3) is 3.12. The van der Waals surface area contributed by atoms with Crippen LogP contribution in [-0.2, 0) is 9.84 Å². The van der Waals surface area contributed by atoms with Crippen LogP contribution in [0, 0.1) is 6.92 Å². The number of hydrogen-bond acceptors (Lipinski definition) is 4. The summed E-state index contributed by atoms with van der Waals surface area (Å²) in [5, 5.41) is 3.37. The van der Waals surface area contributed by atoms with Crippen LogP contribution in [0.1, 0.15) is 18.4 Å². The van der Waals surface area contributed by atoms with E-state index in [0.29, 0.717) is 24.3 Å². The van der Waals surface area contributed by atoms with E-state index >= 15 is 0 Å². The first kappa shape index (κ1) is 12.2. The summed E-state index contributed by atoms with van der Waals surface area (Å²) in [4.78, 5) is 0. The topological polar surface area (TPSA) is 72.2 Å². The quantitative estimate of drug-likeness (QED) is 0.786. The molecular weight excluding hydrogens is 236 g/mol. The van der Waals surface area contributed by atoms with Gasteiger partial charge in [0.25, 0.3) is 0 Å². The Hall–Kier alpha value is -1.23. The zero-order chi connectivity index (χ0) is 12.5. The summed E-state index contributed by atoms with van der Waals surface area (Å²) >= 11 is 0. The fourth-order valence-electron chi connectivity index (χ4n) is 2.04. The summed E-state index contributed by atoms with van der Waals surface area (Å²) in [6, 6.07) is 6.06. The molecule has 0 aromatic heterocycles. The zero-order valence-corrected chi connectivity index (χ0v) is 10.8. The Kier molecular flexibility index (Phi) is 3.28. The highest BCUT2D eigenvalue weighted by atomic mass is 32.2. The first-order valence-corrected chi connectivity index (χ1v) is 7.61. The van der Waals surface area contributed by atoms with Crippen molar-refractivity contribution in [2.75, 3.05) is 22.6 Å². The Morgan fingerprint density at radius 2 is 1.94 bits per heavy atom. The number of anilines is 2. The largest absolute Gasteiger partial charge is 0.399 e. The number of sulfone groups is 1. The molecule has 5 heteroatoms. The lowest BCUT2D eigenvalue weighted by atomic mass is 10.1. The van der Waals surface area contributed by atoms with Gasteiger partial charge in [0.15, 0.2) is 0 Å². The second-order valence-electron chi connectivity index (χ2n) is 4.64. The number of rotatable bonds is 2. The summed E-state index contributed by atoms with van der Waals surface area (Å²) in [6.07, 6.45) is 1.37. The standard InChI is InChI=1S/C12H18N2O2S/c1-9-8-11(2-3-12(9)13)14-10-4-6-17(15,16)7-5-10/h2-3,8,10,14H,4-7,13H2,1H3. The Morgan fingerprint density at radius 1 is 1.29 bits per heavy atom. The molecule has 1 aromatic rings. The van der Waals surface area contributed by atoms with Gasteiger partial charge in [-0.3, -0.25) is 0 Å². The van der Waals surface area contributed by atoms with Crippen molar-refractivity contribution in [3.63, 3.8) is 0 Å². The lowest BCUT2D eigenvalue weighted by Crippen LogP contribution is -2.32. The van der Waals surface area contributed by atoms with Gasteiger partial charge in [-0.15, -0.1) is 0 Å². The Bertz CT molecular complexity index is 497. The van der Waals surface area contributed by atoms with Gasteiger partial charge in [0, 0.05) is 17.4 Å². The molecule has 4 nitrogen and oxygen atoms in total. The van der Waals surface area contributed by atoms with Gasteiger partial charge in [0.2, 0.25) is 0 Å². The average Bonchev–Trinajstić information content (AvgIpc) is 2.27. The lowest BCUT2D eigenvalue weighted by molar-refractivity contribution is 0.559. The maximum Gasteiger partial charge on any atom is 0.150 e. The molecule has 1 fully saturated rings. The minimum absolute atomic E-state index is 0.251. The van der Waals surface area contributed by atoms with Gasteiger partial charge in [0.05, 0.1) is 11.5 Å². The first-order valence-electron chi connectivity index (χ1n) is 5.79. The molecular formula is C12H18N2O2S. The van der Waals surface area contributed by atoms with Crippen LogP contribution in [0.4, 0.5) is 11.4 Å². The van der Waals surface area contributed by atoms with Crippen LogP contribution in [0.25, 0.3) is 0 Å². The summed E-state index contributed by atoms with van der Waals surface area (Å²) < 4.78 is 22.6. The molecule has 94 valence electrons. The molecule has 0 saturated carbocycles. The molecule has 2 rings (SSSR count). The van der Waals surface area contributed by atoms with E-state index in [-0.39, 0.29) is 6.04 Å².